The Morgan fingerprint density at radius 2 is 1.96 bits per heavy atom. The molecular weight excluding hydrogens is 330 g/mol. The number of anilines is 1. The highest BCUT2D eigenvalue weighted by Gasteiger charge is 2.05. The Morgan fingerprint density at radius 1 is 1.17 bits per heavy atom. The number of halogens is 1. The minimum Gasteiger partial charge on any atom is -0.399 e. The van der Waals surface area contributed by atoms with Crippen LogP contribution in [0.3, 0.4) is 0 Å². The van der Waals surface area contributed by atoms with E-state index < -0.39 is 0 Å². The molecule has 0 atom stereocenters. The number of nitrogens with two attached hydrogens (primary N) is 1. The number of hydrogen-bond donors (Lipinski definition) is 4. The van der Waals surface area contributed by atoms with Crippen molar-refractivity contribution in [1.82, 2.24) is 20.6 Å². The fraction of sp³-hybridized carbons (Fsp3) is 0.125. The van der Waals surface area contributed by atoms with E-state index >= 15 is 0 Å². The van der Waals surface area contributed by atoms with Crippen LogP contribution in [0.2, 0.25) is 5.02 Å². The molecule has 5 N–H and O–H groups in total. The van der Waals surface area contributed by atoms with Gasteiger partial charge in [-0.25, -0.2) is 4.98 Å². The summed E-state index contributed by atoms with van der Waals surface area (Å²) in [5.41, 5.74) is 9.35. The third-order valence-electron chi connectivity index (χ3n) is 3.50. The van der Waals surface area contributed by atoms with Crippen LogP contribution in [-0.4, -0.2) is 15.1 Å². The van der Waals surface area contributed by atoms with Gasteiger partial charge in [-0.3, -0.25) is 0 Å². The van der Waals surface area contributed by atoms with Gasteiger partial charge in [-0.1, -0.05) is 11.6 Å². The summed E-state index contributed by atoms with van der Waals surface area (Å²) in [6, 6.07) is 9.37. The summed E-state index contributed by atoms with van der Waals surface area (Å²) in [7, 11) is 0. The summed E-state index contributed by atoms with van der Waals surface area (Å²) in [5.74, 6) is 0. The zero-order chi connectivity index (χ0) is 16.2. The maximum Gasteiger partial charge on any atom is 0.166 e. The molecule has 0 saturated heterocycles. The lowest BCUT2D eigenvalue weighted by atomic mass is 10.2. The number of rotatable bonds is 4. The van der Waals surface area contributed by atoms with Gasteiger partial charge in [0.15, 0.2) is 5.11 Å². The van der Waals surface area contributed by atoms with Crippen molar-refractivity contribution in [3.8, 4) is 0 Å². The molecule has 1 aromatic carbocycles. The average molecular weight is 346 g/mol. The van der Waals surface area contributed by atoms with E-state index in [0.717, 1.165) is 22.2 Å². The van der Waals surface area contributed by atoms with Gasteiger partial charge in [-0.15, -0.1) is 0 Å². The van der Waals surface area contributed by atoms with Crippen LogP contribution in [-0.2, 0) is 13.1 Å². The fourth-order valence-corrected chi connectivity index (χ4v) is 2.64. The first-order chi connectivity index (χ1) is 11.1. The number of benzene rings is 1. The largest absolute Gasteiger partial charge is 0.399 e. The van der Waals surface area contributed by atoms with Gasteiger partial charge in [-0.05, 0) is 53.7 Å². The zero-order valence-electron chi connectivity index (χ0n) is 12.3. The van der Waals surface area contributed by atoms with E-state index in [1.54, 1.807) is 18.3 Å². The van der Waals surface area contributed by atoms with Gasteiger partial charge in [0, 0.05) is 41.6 Å². The molecule has 7 heteroatoms. The third kappa shape index (κ3) is 3.72. The summed E-state index contributed by atoms with van der Waals surface area (Å²) < 4.78 is 0. The molecule has 2 heterocycles. The summed E-state index contributed by atoms with van der Waals surface area (Å²) in [5, 5.41) is 8.63. The summed E-state index contributed by atoms with van der Waals surface area (Å²) in [4.78, 5) is 7.36. The van der Waals surface area contributed by atoms with Crippen molar-refractivity contribution in [2.24, 2.45) is 0 Å². The Labute approximate surface area is 144 Å². The fourth-order valence-electron chi connectivity index (χ4n) is 2.32. The van der Waals surface area contributed by atoms with Gasteiger partial charge in [-0.2, -0.15) is 0 Å². The molecular formula is C16H16ClN5S. The zero-order valence-corrected chi connectivity index (χ0v) is 13.8. The standard InChI is InChI=1S/C16H16ClN5S/c17-14-2-1-12(18)7-11(14)9-22-16(23)21-8-10-3-5-19-15-13(10)4-6-20-15/h1-7H,8-9,18H2,(H,19,20)(H2,21,22,23). The number of thiocarbonyl (C=S) groups is 1. The molecule has 0 saturated carbocycles. The van der Waals surface area contributed by atoms with E-state index in [2.05, 4.69) is 20.6 Å². The number of pyridine rings is 1. The van der Waals surface area contributed by atoms with Crippen LogP contribution in [0.15, 0.2) is 42.7 Å². The molecule has 0 fully saturated rings. The second kappa shape index (κ2) is 6.85. The van der Waals surface area contributed by atoms with Crippen molar-refractivity contribution in [1.29, 1.82) is 0 Å². The van der Waals surface area contributed by atoms with Crippen LogP contribution in [0.25, 0.3) is 11.0 Å². The SMILES string of the molecule is Nc1ccc(Cl)c(CNC(=S)NCc2ccnc3[nH]ccc23)c1. The molecule has 23 heavy (non-hydrogen) atoms. The Hall–Kier alpha value is -2.31. The number of nitrogens with one attached hydrogen (secondary N) is 3. The van der Waals surface area contributed by atoms with Gasteiger partial charge < -0.3 is 21.4 Å². The van der Waals surface area contributed by atoms with Crippen molar-refractivity contribution in [3.63, 3.8) is 0 Å². The minimum atomic E-state index is 0.519. The van der Waals surface area contributed by atoms with Crippen LogP contribution in [0.1, 0.15) is 11.1 Å². The number of nitrogens with zero attached hydrogens (tertiary/aromatic N) is 1. The van der Waals surface area contributed by atoms with E-state index in [0.29, 0.717) is 28.9 Å². The maximum absolute atomic E-state index is 6.14. The van der Waals surface area contributed by atoms with Gasteiger partial charge in [0.2, 0.25) is 0 Å². The first-order valence-corrected chi connectivity index (χ1v) is 7.88. The smallest absolute Gasteiger partial charge is 0.166 e. The Balaban J connectivity index is 1.58. The molecule has 5 nitrogen and oxygen atoms in total. The van der Waals surface area contributed by atoms with E-state index in [1.165, 1.54) is 0 Å². The van der Waals surface area contributed by atoms with Crippen molar-refractivity contribution in [2.75, 3.05) is 5.73 Å². The van der Waals surface area contributed by atoms with E-state index in [1.807, 2.05) is 24.4 Å². The van der Waals surface area contributed by atoms with Crippen LogP contribution >= 0.6 is 23.8 Å². The summed E-state index contributed by atoms with van der Waals surface area (Å²) in [6.45, 7) is 1.14. The lowest BCUT2D eigenvalue weighted by Crippen LogP contribution is -2.34. The maximum atomic E-state index is 6.14. The minimum absolute atomic E-state index is 0.519. The first-order valence-electron chi connectivity index (χ1n) is 7.10. The predicted octanol–water partition coefficient (Wildman–Crippen LogP) is 2.96. The number of nitrogen functional groups attached to an aromatic ring is 1. The molecule has 3 rings (SSSR count). The highest BCUT2D eigenvalue weighted by Crippen LogP contribution is 2.18. The monoisotopic (exact) mass is 345 g/mol. The molecule has 0 unspecified atom stereocenters. The average Bonchev–Trinajstić information content (AvgIpc) is 3.03. The van der Waals surface area contributed by atoms with Crippen molar-refractivity contribution < 1.29 is 0 Å². The van der Waals surface area contributed by atoms with Gasteiger partial charge in [0.1, 0.15) is 5.65 Å². The van der Waals surface area contributed by atoms with Gasteiger partial charge >= 0.3 is 0 Å². The molecule has 0 aliphatic rings. The number of hydrogen-bond acceptors (Lipinski definition) is 3. The summed E-state index contributed by atoms with van der Waals surface area (Å²) in [6.07, 6.45) is 3.65. The van der Waals surface area contributed by atoms with Crippen LogP contribution < -0.4 is 16.4 Å². The van der Waals surface area contributed by atoms with Crippen LogP contribution in [0.4, 0.5) is 5.69 Å². The molecule has 0 spiro atoms. The molecule has 0 aliphatic carbocycles. The van der Waals surface area contributed by atoms with E-state index in [9.17, 15) is 0 Å². The van der Waals surface area contributed by atoms with Crippen LogP contribution in [0.5, 0.6) is 0 Å². The van der Waals surface area contributed by atoms with Gasteiger partial charge in [0.05, 0.1) is 0 Å². The normalized spacial score (nSPS) is 10.7. The van der Waals surface area contributed by atoms with Crippen molar-refractivity contribution in [3.05, 3.63) is 58.9 Å². The van der Waals surface area contributed by atoms with E-state index in [4.69, 9.17) is 29.6 Å². The van der Waals surface area contributed by atoms with Crippen LogP contribution in [0, 0.1) is 0 Å². The Kier molecular flexibility index (Phi) is 4.64. The Morgan fingerprint density at radius 3 is 2.78 bits per heavy atom. The van der Waals surface area contributed by atoms with Crippen molar-refractivity contribution >= 4 is 45.7 Å². The third-order valence-corrected chi connectivity index (χ3v) is 4.16. The topological polar surface area (TPSA) is 78.8 Å². The lowest BCUT2D eigenvalue weighted by Gasteiger charge is -2.12. The lowest BCUT2D eigenvalue weighted by molar-refractivity contribution is 0.836. The number of aromatic nitrogens is 2. The molecule has 0 bridgehead atoms. The molecule has 0 radical (unpaired) electrons. The highest BCUT2D eigenvalue weighted by molar-refractivity contribution is 7.80. The second-order valence-corrected chi connectivity index (χ2v) is 5.91. The summed E-state index contributed by atoms with van der Waals surface area (Å²) >= 11 is 11.4. The molecule has 118 valence electrons. The number of fused-ring (bicyclic) bond motifs is 1. The molecule has 3 aromatic rings. The first kappa shape index (κ1) is 15.6. The number of aromatic amines is 1. The Bertz CT molecular complexity index is 845. The highest BCUT2D eigenvalue weighted by atomic mass is 35.5. The molecule has 0 aliphatic heterocycles. The quantitative estimate of drug-likeness (QED) is 0.432. The van der Waals surface area contributed by atoms with Gasteiger partial charge in [0.25, 0.3) is 0 Å². The molecule has 2 aromatic heterocycles. The predicted molar refractivity (Wildman–Crippen MR) is 98.2 cm³/mol. The van der Waals surface area contributed by atoms with Crippen molar-refractivity contribution in [2.45, 2.75) is 13.1 Å². The molecule has 0 amide bonds. The van der Waals surface area contributed by atoms with E-state index in [-0.39, 0.29) is 0 Å². The number of H-pyrrole nitrogens is 1. The second-order valence-electron chi connectivity index (χ2n) is 5.10.